The van der Waals surface area contributed by atoms with Crippen molar-refractivity contribution in [3.05, 3.63) is 28.3 Å². The number of nitro benzene ring substituents is 1. The zero-order valence-electron chi connectivity index (χ0n) is 11.1. The second-order valence-electron chi connectivity index (χ2n) is 4.41. The summed E-state index contributed by atoms with van der Waals surface area (Å²) in [6.45, 7) is 3.56. The van der Waals surface area contributed by atoms with Gasteiger partial charge in [-0.3, -0.25) is 10.1 Å². The van der Waals surface area contributed by atoms with E-state index in [9.17, 15) is 18.5 Å². The molecule has 1 saturated heterocycles. The van der Waals surface area contributed by atoms with Crippen LogP contribution in [0.25, 0.3) is 0 Å². The number of nitrogens with zero attached hydrogens (tertiary/aromatic N) is 2. The van der Waals surface area contributed by atoms with E-state index >= 15 is 0 Å². The van der Waals surface area contributed by atoms with E-state index in [0.717, 1.165) is 0 Å². The Labute approximate surface area is 117 Å². The molecule has 0 unspecified atom stereocenters. The monoisotopic (exact) mass is 300 g/mol. The molecule has 0 saturated carbocycles. The van der Waals surface area contributed by atoms with Crippen molar-refractivity contribution in [2.45, 2.75) is 11.8 Å². The zero-order valence-corrected chi connectivity index (χ0v) is 11.9. The Morgan fingerprint density at radius 1 is 1.35 bits per heavy atom. The SMILES string of the molecule is CCS(=O)(=O)c1ccc([N+](=O)[O-])cc1N1CCOCC1. The molecule has 1 aliphatic rings. The van der Waals surface area contributed by atoms with Gasteiger partial charge in [0.25, 0.3) is 5.69 Å². The number of morpholine rings is 1. The fraction of sp³-hybridized carbons (Fsp3) is 0.500. The van der Waals surface area contributed by atoms with Crippen molar-refractivity contribution in [2.24, 2.45) is 0 Å². The minimum Gasteiger partial charge on any atom is -0.378 e. The lowest BCUT2D eigenvalue weighted by Gasteiger charge is -2.30. The highest BCUT2D eigenvalue weighted by atomic mass is 32.2. The average Bonchev–Trinajstić information content (AvgIpc) is 2.47. The highest BCUT2D eigenvalue weighted by Crippen LogP contribution is 2.30. The van der Waals surface area contributed by atoms with Crippen molar-refractivity contribution in [2.75, 3.05) is 37.0 Å². The van der Waals surface area contributed by atoms with Crippen molar-refractivity contribution < 1.29 is 18.1 Å². The minimum atomic E-state index is -3.43. The summed E-state index contributed by atoms with van der Waals surface area (Å²) in [5.74, 6) is -0.0395. The number of non-ortho nitro benzene ring substituents is 1. The Morgan fingerprint density at radius 3 is 2.55 bits per heavy atom. The second-order valence-corrected chi connectivity index (χ2v) is 6.66. The van der Waals surface area contributed by atoms with E-state index in [-0.39, 0.29) is 16.3 Å². The quantitative estimate of drug-likeness (QED) is 0.613. The van der Waals surface area contributed by atoms with Crippen LogP contribution >= 0.6 is 0 Å². The standard InChI is InChI=1S/C12H16N2O5S/c1-2-20(17,18)12-4-3-10(14(15)16)9-11(12)13-5-7-19-8-6-13/h3-4,9H,2,5-8H2,1H3. The van der Waals surface area contributed by atoms with Gasteiger partial charge in [-0.15, -0.1) is 0 Å². The molecule has 1 heterocycles. The molecule has 0 aliphatic carbocycles. The van der Waals surface area contributed by atoms with Gasteiger partial charge in [-0.1, -0.05) is 6.92 Å². The molecular weight excluding hydrogens is 284 g/mol. The van der Waals surface area contributed by atoms with Gasteiger partial charge in [0.15, 0.2) is 9.84 Å². The van der Waals surface area contributed by atoms with Crippen LogP contribution in [0.5, 0.6) is 0 Å². The van der Waals surface area contributed by atoms with Gasteiger partial charge in [0.2, 0.25) is 0 Å². The molecule has 1 aromatic rings. The first-order chi connectivity index (χ1) is 9.45. The van der Waals surface area contributed by atoms with E-state index in [1.807, 2.05) is 4.90 Å². The molecular formula is C12H16N2O5S. The van der Waals surface area contributed by atoms with Gasteiger partial charge >= 0.3 is 0 Å². The maximum absolute atomic E-state index is 12.1. The van der Waals surface area contributed by atoms with Crippen LogP contribution in [0.1, 0.15) is 6.92 Å². The van der Waals surface area contributed by atoms with E-state index in [4.69, 9.17) is 4.74 Å². The maximum atomic E-state index is 12.1. The van der Waals surface area contributed by atoms with Crippen molar-refractivity contribution >= 4 is 21.2 Å². The number of anilines is 1. The first-order valence-electron chi connectivity index (χ1n) is 6.29. The normalized spacial score (nSPS) is 16.1. The number of hydrogen-bond donors (Lipinski definition) is 0. The molecule has 1 aromatic carbocycles. The molecule has 0 radical (unpaired) electrons. The fourth-order valence-electron chi connectivity index (χ4n) is 2.09. The summed E-state index contributed by atoms with van der Waals surface area (Å²) in [5.41, 5.74) is 0.283. The van der Waals surface area contributed by atoms with Crippen LogP contribution in [0, 0.1) is 10.1 Å². The number of benzene rings is 1. The van der Waals surface area contributed by atoms with Gasteiger partial charge in [0.1, 0.15) is 0 Å². The van der Waals surface area contributed by atoms with E-state index in [0.29, 0.717) is 32.0 Å². The molecule has 0 atom stereocenters. The average molecular weight is 300 g/mol. The third-order valence-corrected chi connectivity index (χ3v) is 5.00. The van der Waals surface area contributed by atoms with Crippen LogP contribution in [-0.2, 0) is 14.6 Å². The lowest BCUT2D eigenvalue weighted by atomic mass is 10.2. The van der Waals surface area contributed by atoms with Gasteiger partial charge in [-0.2, -0.15) is 0 Å². The second kappa shape index (κ2) is 5.76. The summed E-state index contributed by atoms with van der Waals surface area (Å²) in [7, 11) is -3.43. The first-order valence-corrected chi connectivity index (χ1v) is 7.95. The lowest BCUT2D eigenvalue weighted by molar-refractivity contribution is -0.384. The largest absolute Gasteiger partial charge is 0.378 e. The number of ether oxygens (including phenoxy) is 1. The molecule has 2 rings (SSSR count). The van der Waals surface area contributed by atoms with E-state index < -0.39 is 14.8 Å². The van der Waals surface area contributed by atoms with Crippen LogP contribution < -0.4 is 4.90 Å². The summed E-state index contributed by atoms with van der Waals surface area (Å²) < 4.78 is 29.5. The molecule has 1 aliphatic heterocycles. The predicted octanol–water partition coefficient (Wildman–Crippen LogP) is 1.23. The van der Waals surface area contributed by atoms with Gasteiger partial charge < -0.3 is 9.64 Å². The van der Waals surface area contributed by atoms with Crippen LogP contribution in [-0.4, -0.2) is 45.4 Å². The van der Waals surface area contributed by atoms with Crippen LogP contribution in [0.2, 0.25) is 0 Å². The van der Waals surface area contributed by atoms with Gasteiger partial charge in [-0.25, -0.2) is 8.42 Å². The Hall–Kier alpha value is -1.67. The van der Waals surface area contributed by atoms with Crippen LogP contribution in [0.15, 0.2) is 23.1 Å². The van der Waals surface area contributed by atoms with Gasteiger partial charge in [0.05, 0.1) is 34.5 Å². The third-order valence-electron chi connectivity index (χ3n) is 3.22. The minimum absolute atomic E-state index is 0.0395. The summed E-state index contributed by atoms with van der Waals surface area (Å²) in [6.07, 6.45) is 0. The molecule has 7 nitrogen and oxygen atoms in total. The molecule has 8 heteroatoms. The van der Waals surface area contributed by atoms with Crippen LogP contribution in [0.4, 0.5) is 11.4 Å². The molecule has 20 heavy (non-hydrogen) atoms. The predicted molar refractivity (Wildman–Crippen MR) is 73.9 cm³/mol. The number of rotatable bonds is 4. The van der Waals surface area contributed by atoms with Crippen molar-refractivity contribution in [3.8, 4) is 0 Å². The maximum Gasteiger partial charge on any atom is 0.271 e. The highest BCUT2D eigenvalue weighted by Gasteiger charge is 2.24. The Balaban J connectivity index is 2.53. The Bertz CT molecular complexity index is 608. The zero-order chi connectivity index (χ0) is 14.8. The lowest BCUT2D eigenvalue weighted by Crippen LogP contribution is -2.37. The van der Waals surface area contributed by atoms with Crippen molar-refractivity contribution in [3.63, 3.8) is 0 Å². The number of sulfone groups is 1. The Morgan fingerprint density at radius 2 is 2.00 bits per heavy atom. The summed E-state index contributed by atoms with van der Waals surface area (Å²) >= 11 is 0. The molecule has 0 aromatic heterocycles. The summed E-state index contributed by atoms with van der Waals surface area (Å²) in [6, 6.07) is 3.88. The molecule has 110 valence electrons. The smallest absolute Gasteiger partial charge is 0.271 e. The van der Waals surface area contributed by atoms with Crippen LogP contribution in [0.3, 0.4) is 0 Å². The van der Waals surface area contributed by atoms with Crippen molar-refractivity contribution in [1.29, 1.82) is 0 Å². The molecule has 0 spiro atoms. The third kappa shape index (κ3) is 2.91. The molecule has 1 fully saturated rings. The highest BCUT2D eigenvalue weighted by molar-refractivity contribution is 7.91. The fourth-order valence-corrected chi connectivity index (χ4v) is 3.18. The molecule has 0 amide bonds. The topological polar surface area (TPSA) is 89.8 Å². The van der Waals surface area contributed by atoms with E-state index in [1.54, 1.807) is 6.92 Å². The van der Waals surface area contributed by atoms with Crippen molar-refractivity contribution in [1.82, 2.24) is 0 Å². The number of hydrogen-bond acceptors (Lipinski definition) is 6. The Kier molecular flexibility index (Phi) is 4.24. The summed E-state index contributed by atoms with van der Waals surface area (Å²) in [4.78, 5) is 12.3. The van der Waals surface area contributed by atoms with Gasteiger partial charge in [-0.05, 0) is 6.07 Å². The van der Waals surface area contributed by atoms with Gasteiger partial charge in [0, 0.05) is 25.2 Å². The molecule has 0 bridgehead atoms. The first kappa shape index (κ1) is 14.7. The number of nitro groups is 1. The summed E-state index contributed by atoms with van der Waals surface area (Å²) in [5, 5.41) is 10.9. The molecule has 0 N–H and O–H groups in total. The van der Waals surface area contributed by atoms with E-state index in [2.05, 4.69) is 0 Å². The van der Waals surface area contributed by atoms with E-state index in [1.165, 1.54) is 18.2 Å².